The molecular formula is C6H3BrClN3. The van der Waals surface area contributed by atoms with Gasteiger partial charge in [0.05, 0.1) is 11.7 Å². The fourth-order valence-corrected chi connectivity index (χ4v) is 1.38. The van der Waals surface area contributed by atoms with Gasteiger partial charge >= 0.3 is 0 Å². The summed E-state index contributed by atoms with van der Waals surface area (Å²) < 4.78 is 2.63. The van der Waals surface area contributed by atoms with E-state index in [1.54, 1.807) is 10.7 Å². The van der Waals surface area contributed by atoms with Crippen LogP contribution < -0.4 is 0 Å². The molecule has 11 heavy (non-hydrogen) atoms. The third-order valence-electron chi connectivity index (χ3n) is 1.34. The van der Waals surface area contributed by atoms with E-state index in [0.29, 0.717) is 0 Å². The Labute approximate surface area is 76.1 Å². The van der Waals surface area contributed by atoms with Crippen LogP contribution in [0.25, 0.3) is 5.52 Å². The Morgan fingerprint density at radius 1 is 1.55 bits per heavy atom. The molecule has 56 valence electrons. The molecule has 2 rings (SSSR count). The summed E-state index contributed by atoms with van der Waals surface area (Å²) in [4.78, 5) is 3.84. The highest BCUT2D eigenvalue weighted by Crippen LogP contribution is 2.17. The van der Waals surface area contributed by atoms with E-state index in [4.69, 9.17) is 11.6 Å². The van der Waals surface area contributed by atoms with E-state index in [9.17, 15) is 0 Å². The monoisotopic (exact) mass is 231 g/mol. The minimum atomic E-state index is 0.251. The van der Waals surface area contributed by atoms with Crippen molar-refractivity contribution in [3.05, 3.63) is 28.2 Å². The second-order valence-electron chi connectivity index (χ2n) is 2.02. The van der Waals surface area contributed by atoms with E-state index in [1.807, 2.05) is 12.3 Å². The molecule has 0 radical (unpaired) electrons. The zero-order chi connectivity index (χ0) is 7.84. The molecule has 0 aliphatic heterocycles. The molecule has 2 heterocycles. The summed E-state index contributed by atoms with van der Waals surface area (Å²) in [6.07, 6.45) is 3.48. The zero-order valence-corrected chi connectivity index (χ0v) is 7.67. The first kappa shape index (κ1) is 7.06. The lowest BCUT2D eigenvalue weighted by Crippen LogP contribution is -1.91. The van der Waals surface area contributed by atoms with E-state index >= 15 is 0 Å². The maximum absolute atomic E-state index is 5.57. The van der Waals surface area contributed by atoms with Gasteiger partial charge in [-0.3, -0.25) is 0 Å². The van der Waals surface area contributed by atoms with Crippen molar-refractivity contribution < 1.29 is 0 Å². The predicted molar refractivity (Wildman–Crippen MR) is 45.7 cm³/mol. The first-order valence-corrected chi connectivity index (χ1v) is 4.10. The van der Waals surface area contributed by atoms with Gasteiger partial charge in [0, 0.05) is 10.7 Å². The van der Waals surface area contributed by atoms with Gasteiger partial charge in [-0.05, 0) is 33.6 Å². The van der Waals surface area contributed by atoms with Crippen LogP contribution in [0.15, 0.2) is 22.9 Å². The highest BCUT2D eigenvalue weighted by Gasteiger charge is 1.99. The van der Waals surface area contributed by atoms with Gasteiger partial charge in [-0.15, -0.1) is 5.10 Å². The molecule has 0 atom stereocenters. The Morgan fingerprint density at radius 2 is 2.36 bits per heavy atom. The smallest absolute Gasteiger partial charge is 0.235 e. The number of hydrogen-bond donors (Lipinski definition) is 0. The third-order valence-corrected chi connectivity index (χ3v) is 2.18. The van der Waals surface area contributed by atoms with Crippen LogP contribution >= 0.6 is 27.5 Å². The highest BCUT2D eigenvalue weighted by molar-refractivity contribution is 9.10. The standard InChI is InChI=1S/C6H3BrClN3/c7-4-1-2-11-5(4)3-9-6(8)10-11/h1-3H. The van der Waals surface area contributed by atoms with Gasteiger partial charge in [-0.25, -0.2) is 9.50 Å². The fraction of sp³-hybridized carbons (Fsp3) is 0. The van der Waals surface area contributed by atoms with Crippen molar-refractivity contribution >= 4 is 33.0 Å². The van der Waals surface area contributed by atoms with Crippen molar-refractivity contribution in [3.63, 3.8) is 0 Å². The van der Waals surface area contributed by atoms with Gasteiger partial charge in [-0.1, -0.05) is 0 Å². The molecule has 3 nitrogen and oxygen atoms in total. The molecule has 0 N–H and O–H groups in total. The Kier molecular flexibility index (Phi) is 1.58. The van der Waals surface area contributed by atoms with Crippen molar-refractivity contribution in [3.8, 4) is 0 Å². The van der Waals surface area contributed by atoms with E-state index in [0.717, 1.165) is 9.99 Å². The Hall–Kier alpha value is -0.610. The lowest BCUT2D eigenvalue weighted by atomic mass is 10.5. The number of hydrogen-bond acceptors (Lipinski definition) is 2. The van der Waals surface area contributed by atoms with Gasteiger partial charge in [0.25, 0.3) is 0 Å². The molecule has 0 saturated carbocycles. The summed E-state index contributed by atoms with van der Waals surface area (Å²) in [6.45, 7) is 0. The SMILES string of the molecule is Clc1ncc2c(Br)ccn2n1. The van der Waals surface area contributed by atoms with Crippen LogP contribution in [0.3, 0.4) is 0 Å². The van der Waals surface area contributed by atoms with Crippen molar-refractivity contribution in [2.75, 3.05) is 0 Å². The molecular weight excluding hydrogens is 229 g/mol. The van der Waals surface area contributed by atoms with E-state index < -0.39 is 0 Å². The van der Waals surface area contributed by atoms with Crippen LogP contribution in [0.4, 0.5) is 0 Å². The van der Waals surface area contributed by atoms with E-state index in [2.05, 4.69) is 26.0 Å². The Morgan fingerprint density at radius 3 is 3.18 bits per heavy atom. The molecule has 2 aromatic heterocycles. The van der Waals surface area contributed by atoms with Gasteiger partial charge in [-0.2, -0.15) is 0 Å². The maximum atomic E-state index is 5.57. The van der Waals surface area contributed by atoms with Gasteiger partial charge in [0.1, 0.15) is 0 Å². The second-order valence-corrected chi connectivity index (χ2v) is 3.21. The van der Waals surface area contributed by atoms with Crippen LogP contribution in [0.5, 0.6) is 0 Å². The van der Waals surface area contributed by atoms with Gasteiger partial charge < -0.3 is 0 Å². The van der Waals surface area contributed by atoms with Gasteiger partial charge in [0.2, 0.25) is 5.28 Å². The van der Waals surface area contributed by atoms with Gasteiger partial charge in [0.15, 0.2) is 0 Å². The fourth-order valence-electron chi connectivity index (χ4n) is 0.848. The van der Waals surface area contributed by atoms with Crippen LogP contribution in [-0.2, 0) is 0 Å². The molecule has 0 aliphatic carbocycles. The molecule has 2 aromatic rings. The Bertz CT molecular complexity index is 398. The molecule has 0 aromatic carbocycles. The molecule has 0 unspecified atom stereocenters. The third kappa shape index (κ3) is 1.12. The number of rotatable bonds is 0. The minimum Gasteiger partial charge on any atom is -0.235 e. The summed E-state index contributed by atoms with van der Waals surface area (Å²) in [5, 5.41) is 4.19. The van der Waals surface area contributed by atoms with Crippen molar-refractivity contribution in [2.24, 2.45) is 0 Å². The number of halogens is 2. The summed E-state index contributed by atoms with van der Waals surface area (Å²) in [6, 6.07) is 1.89. The second kappa shape index (κ2) is 2.46. The first-order chi connectivity index (χ1) is 5.27. The zero-order valence-electron chi connectivity index (χ0n) is 5.33. The summed E-state index contributed by atoms with van der Waals surface area (Å²) in [5.41, 5.74) is 0.911. The van der Waals surface area contributed by atoms with Crippen molar-refractivity contribution in [1.82, 2.24) is 14.6 Å². The normalized spacial score (nSPS) is 10.7. The van der Waals surface area contributed by atoms with Crippen LogP contribution in [-0.4, -0.2) is 14.6 Å². The molecule has 0 aliphatic rings. The number of nitrogens with zero attached hydrogens (tertiary/aromatic N) is 3. The van der Waals surface area contributed by atoms with Crippen LogP contribution in [0.2, 0.25) is 5.28 Å². The average molecular weight is 232 g/mol. The molecule has 0 bridgehead atoms. The predicted octanol–water partition coefficient (Wildman–Crippen LogP) is 2.15. The lowest BCUT2D eigenvalue weighted by molar-refractivity contribution is 0.903. The average Bonchev–Trinajstić information content (AvgIpc) is 2.32. The first-order valence-electron chi connectivity index (χ1n) is 2.93. The minimum absolute atomic E-state index is 0.251. The van der Waals surface area contributed by atoms with E-state index in [-0.39, 0.29) is 5.28 Å². The molecule has 5 heteroatoms. The number of aromatic nitrogens is 3. The Balaban J connectivity index is 2.86. The lowest BCUT2D eigenvalue weighted by Gasteiger charge is -1.92. The quantitative estimate of drug-likeness (QED) is 0.697. The van der Waals surface area contributed by atoms with Crippen LogP contribution in [0.1, 0.15) is 0 Å². The van der Waals surface area contributed by atoms with E-state index in [1.165, 1.54) is 0 Å². The topological polar surface area (TPSA) is 30.2 Å². The molecule has 0 saturated heterocycles. The molecule has 0 spiro atoms. The maximum Gasteiger partial charge on any atom is 0.241 e. The van der Waals surface area contributed by atoms with Crippen molar-refractivity contribution in [2.45, 2.75) is 0 Å². The highest BCUT2D eigenvalue weighted by atomic mass is 79.9. The molecule has 0 amide bonds. The van der Waals surface area contributed by atoms with Crippen LogP contribution in [0, 0.1) is 0 Å². The largest absolute Gasteiger partial charge is 0.241 e. The molecule has 0 fully saturated rings. The summed E-state index contributed by atoms with van der Waals surface area (Å²) >= 11 is 8.92. The summed E-state index contributed by atoms with van der Waals surface area (Å²) in [7, 11) is 0. The van der Waals surface area contributed by atoms with Crippen molar-refractivity contribution in [1.29, 1.82) is 0 Å². The number of fused-ring (bicyclic) bond motifs is 1. The summed E-state index contributed by atoms with van der Waals surface area (Å²) in [5.74, 6) is 0.